The van der Waals surface area contributed by atoms with Gasteiger partial charge in [-0.2, -0.15) is 8.42 Å². The average molecular weight is 623 g/mol. The van der Waals surface area contributed by atoms with Gasteiger partial charge in [0, 0.05) is 0 Å². The minimum absolute atomic E-state index is 0.0130. The summed E-state index contributed by atoms with van der Waals surface area (Å²) < 4.78 is 36.5. The second-order valence-electron chi connectivity index (χ2n) is 5.79. The Morgan fingerprint density at radius 3 is 1.47 bits per heavy atom. The first-order valence-corrected chi connectivity index (χ1v) is 11.7. The first kappa shape index (κ1) is 32.5. The molecule has 2 rings (SSSR count). The van der Waals surface area contributed by atoms with Crippen LogP contribution >= 0.6 is 69.6 Å². The van der Waals surface area contributed by atoms with Gasteiger partial charge in [0.1, 0.15) is 10.0 Å². The summed E-state index contributed by atoms with van der Waals surface area (Å²) in [5, 5.41) is 8.05. The minimum atomic E-state index is -4.67. The van der Waals surface area contributed by atoms with E-state index in [9.17, 15) is 9.59 Å². The Balaban J connectivity index is 0.000000543. The van der Waals surface area contributed by atoms with Crippen molar-refractivity contribution in [2.24, 2.45) is 0 Å². The molecule has 190 valence electrons. The SMILES string of the molecule is CC(C)OC(=O)c1nc(Cl)c(Cl)c(N)c1Cl.Nc1c(Cl)c(Cl)nc(C(=O)O)c1Cl.O=S(=O)(O)O. The summed E-state index contributed by atoms with van der Waals surface area (Å²) in [6.07, 6.45) is -0.291. The van der Waals surface area contributed by atoms with E-state index >= 15 is 0 Å². The topological polar surface area (TPSA) is 216 Å². The molecule has 0 aliphatic carbocycles. The van der Waals surface area contributed by atoms with Crippen LogP contribution in [-0.4, -0.2) is 50.6 Å². The lowest BCUT2D eigenvalue weighted by atomic mass is 10.3. The van der Waals surface area contributed by atoms with Gasteiger partial charge >= 0.3 is 22.3 Å². The fraction of sp³-hybridized carbons (Fsp3) is 0.200. The van der Waals surface area contributed by atoms with E-state index in [0.717, 1.165) is 0 Å². The molecule has 2 aromatic heterocycles. The number of nitrogens with zero attached hydrogens (tertiary/aromatic N) is 2. The van der Waals surface area contributed by atoms with Crippen LogP contribution < -0.4 is 11.5 Å². The largest absolute Gasteiger partial charge is 0.476 e. The fourth-order valence-electron chi connectivity index (χ4n) is 1.61. The molecule has 0 atom stereocenters. The number of carboxylic acids is 1. The van der Waals surface area contributed by atoms with Crippen LogP contribution in [0.25, 0.3) is 0 Å². The van der Waals surface area contributed by atoms with Crippen molar-refractivity contribution in [1.82, 2.24) is 9.97 Å². The molecule has 34 heavy (non-hydrogen) atoms. The van der Waals surface area contributed by atoms with Crippen LogP contribution in [0.3, 0.4) is 0 Å². The van der Waals surface area contributed by atoms with E-state index < -0.39 is 28.0 Å². The van der Waals surface area contributed by atoms with E-state index in [-0.39, 0.29) is 53.6 Å². The van der Waals surface area contributed by atoms with Crippen molar-refractivity contribution in [3.63, 3.8) is 0 Å². The van der Waals surface area contributed by atoms with E-state index in [1.807, 2.05) is 0 Å². The molecule has 12 nitrogen and oxygen atoms in total. The molecule has 0 radical (unpaired) electrons. The Morgan fingerprint density at radius 1 is 0.824 bits per heavy atom. The Bertz CT molecular complexity index is 1190. The van der Waals surface area contributed by atoms with Crippen molar-refractivity contribution in [2.45, 2.75) is 20.0 Å². The third-order valence-electron chi connectivity index (χ3n) is 2.88. The van der Waals surface area contributed by atoms with Gasteiger partial charge in [-0.1, -0.05) is 69.6 Å². The fourth-order valence-corrected chi connectivity index (χ4v) is 2.78. The number of carbonyl (C=O) groups excluding carboxylic acids is 1. The molecule has 19 heteroatoms. The van der Waals surface area contributed by atoms with Crippen LogP contribution in [0.2, 0.25) is 30.4 Å². The van der Waals surface area contributed by atoms with Gasteiger partial charge in [-0.05, 0) is 13.8 Å². The summed E-state index contributed by atoms with van der Waals surface area (Å²) in [7, 11) is -4.67. The van der Waals surface area contributed by atoms with Gasteiger partial charge in [-0.15, -0.1) is 0 Å². The summed E-state index contributed by atoms with van der Waals surface area (Å²) in [5.74, 6) is -2.00. The molecule has 0 saturated carbocycles. The minimum Gasteiger partial charge on any atom is -0.476 e. The molecule has 2 heterocycles. The lowest BCUT2D eigenvalue weighted by molar-refractivity contribution is 0.0371. The van der Waals surface area contributed by atoms with Gasteiger partial charge < -0.3 is 21.3 Å². The maximum atomic E-state index is 11.6. The summed E-state index contributed by atoms with van der Waals surface area (Å²) in [4.78, 5) is 29.3. The Labute approximate surface area is 222 Å². The first-order chi connectivity index (χ1) is 15.3. The number of rotatable bonds is 3. The van der Waals surface area contributed by atoms with Crippen molar-refractivity contribution in [3.05, 3.63) is 41.8 Å². The van der Waals surface area contributed by atoms with E-state index in [1.165, 1.54) is 0 Å². The van der Waals surface area contributed by atoms with Crippen molar-refractivity contribution >= 4 is 103 Å². The normalized spacial score (nSPS) is 10.6. The zero-order chi connectivity index (χ0) is 27.1. The summed E-state index contributed by atoms with van der Waals surface area (Å²) >= 11 is 33.8. The third-order valence-corrected chi connectivity index (χ3v) is 5.15. The van der Waals surface area contributed by atoms with E-state index in [4.69, 9.17) is 108 Å². The van der Waals surface area contributed by atoms with Gasteiger partial charge in [0.05, 0.1) is 27.5 Å². The van der Waals surface area contributed by atoms with Crippen molar-refractivity contribution in [2.75, 3.05) is 11.5 Å². The number of ether oxygens (including phenoxy) is 1. The molecule has 0 saturated heterocycles. The maximum Gasteiger partial charge on any atom is 0.394 e. The highest BCUT2D eigenvalue weighted by atomic mass is 35.5. The lowest BCUT2D eigenvalue weighted by Gasteiger charge is -2.10. The number of carboxylic acid groups (broad SMARTS) is 1. The Morgan fingerprint density at radius 2 is 1.15 bits per heavy atom. The van der Waals surface area contributed by atoms with E-state index in [2.05, 4.69) is 9.97 Å². The molecular formula is C15H14Cl6N4O8S. The monoisotopic (exact) mass is 620 g/mol. The Kier molecular flexibility index (Phi) is 12.9. The standard InChI is InChI=1S/C9H9Cl3N2O2.C6H3Cl3N2O2.H2O4S/c1-3(2)16-9(15)7-4(10)6(13)5(11)8(12)14-7;7-1-3(10)2(8)5(9)11-4(1)6(12)13;1-5(2,3)4/h3H,1-2H3,(H2,13,14);(H2,10,11)(H,12,13);(H2,1,2,3,4). The number of halogens is 6. The molecule has 0 aliphatic heterocycles. The summed E-state index contributed by atoms with van der Waals surface area (Å²) in [5.41, 5.74) is 10.3. The number of aromatic nitrogens is 2. The van der Waals surface area contributed by atoms with Crippen molar-refractivity contribution in [3.8, 4) is 0 Å². The number of anilines is 2. The molecule has 7 N–H and O–H groups in total. The predicted molar refractivity (Wildman–Crippen MR) is 129 cm³/mol. The highest BCUT2D eigenvalue weighted by Crippen LogP contribution is 2.35. The zero-order valence-corrected chi connectivity index (χ0v) is 22.0. The van der Waals surface area contributed by atoms with Gasteiger partial charge in [-0.25, -0.2) is 19.6 Å². The molecule has 2 aromatic rings. The number of esters is 1. The van der Waals surface area contributed by atoms with E-state index in [0.29, 0.717) is 0 Å². The molecule has 0 amide bonds. The molecule has 0 spiro atoms. The van der Waals surface area contributed by atoms with Crippen LogP contribution in [0.5, 0.6) is 0 Å². The lowest BCUT2D eigenvalue weighted by Crippen LogP contribution is -2.14. The third kappa shape index (κ3) is 10.4. The number of aromatic carboxylic acids is 1. The Hall–Kier alpha value is -1.55. The molecule has 0 unspecified atom stereocenters. The van der Waals surface area contributed by atoms with Gasteiger partial charge in [0.25, 0.3) is 0 Å². The van der Waals surface area contributed by atoms with Crippen LogP contribution in [0, 0.1) is 0 Å². The van der Waals surface area contributed by atoms with Gasteiger partial charge in [0.15, 0.2) is 21.7 Å². The second-order valence-corrected chi connectivity index (χ2v) is 8.92. The number of hydrogen-bond donors (Lipinski definition) is 5. The maximum absolute atomic E-state index is 11.6. The average Bonchev–Trinajstić information content (AvgIpc) is 2.68. The number of carbonyl (C=O) groups is 2. The molecule has 0 aliphatic rings. The van der Waals surface area contributed by atoms with Crippen LogP contribution in [0.1, 0.15) is 34.8 Å². The van der Waals surface area contributed by atoms with Crippen LogP contribution in [0.4, 0.5) is 11.4 Å². The van der Waals surface area contributed by atoms with Crippen LogP contribution in [-0.2, 0) is 15.1 Å². The summed E-state index contributed by atoms with van der Waals surface area (Å²) in [6.45, 7) is 3.40. The van der Waals surface area contributed by atoms with Crippen molar-refractivity contribution in [1.29, 1.82) is 0 Å². The smallest absolute Gasteiger partial charge is 0.394 e. The van der Waals surface area contributed by atoms with Gasteiger partial charge in [0.2, 0.25) is 0 Å². The molecule has 0 fully saturated rings. The van der Waals surface area contributed by atoms with Gasteiger partial charge in [-0.3, -0.25) is 9.11 Å². The number of hydrogen-bond acceptors (Lipinski definition) is 9. The van der Waals surface area contributed by atoms with Crippen molar-refractivity contribution < 1.29 is 37.0 Å². The molecular weight excluding hydrogens is 609 g/mol. The first-order valence-electron chi connectivity index (χ1n) is 8.03. The van der Waals surface area contributed by atoms with Crippen LogP contribution in [0.15, 0.2) is 0 Å². The highest BCUT2D eigenvalue weighted by molar-refractivity contribution is 7.79. The summed E-state index contributed by atoms with van der Waals surface area (Å²) in [6, 6.07) is 0. The zero-order valence-electron chi connectivity index (χ0n) is 16.7. The predicted octanol–water partition coefficient (Wildman–Crippen LogP) is 4.86. The molecule has 0 bridgehead atoms. The number of nitrogen functional groups attached to an aromatic ring is 2. The quantitative estimate of drug-likeness (QED) is 0.176. The second kappa shape index (κ2) is 13.5. The number of pyridine rings is 2. The highest BCUT2D eigenvalue weighted by Gasteiger charge is 2.21. The number of nitrogens with two attached hydrogens (primary N) is 2. The molecule has 0 aromatic carbocycles. The van der Waals surface area contributed by atoms with E-state index in [1.54, 1.807) is 13.8 Å².